The predicted octanol–water partition coefficient (Wildman–Crippen LogP) is 2.00. The lowest BCUT2D eigenvalue weighted by Crippen LogP contribution is -2.29. The highest BCUT2D eigenvalue weighted by Gasteiger charge is 2.69. The van der Waals surface area contributed by atoms with E-state index in [0.717, 1.165) is 6.42 Å². The van der Waals surface area contributed by atoms with Gasteiger partial charge in [-0.1, -0.05) is 13.5 Å². The Bertz CT molecular complexity index is 476. The lowest BCUT2D eigenvalue weighted by molar-refractivity contribution is -0.137. The molecule has 2 aliphatic carbocycles. The smallest absolute Gasteiger partial charge is 0.333 e. The van der Waals surface area contributed by atoms with Crippen molar-refractivity contribution in [2.45, 2.75) is 32.6 Å². The van der Waals surface area contributed by atoms with E-state index in [0.29, 0.717) is 24.8 Å². The summed E-state index contributed by atoms with van der Waals surface area (Å²) in [6.07, 6.45) is 2.20. The second-order valence-corrected chi connectivity index (χ2v) is 5.38. The van der Waals surface area contributed by atoms with Crippen LogP contribution in [0, 0.1) is 28.1 Å². The minimum atomic E-state index is -0.908. The molecule has 0 N–H and O–H groups in total. The second kappa shape index (κ2) is 3.94. The summed E-state index contributed by atoms with van der Waals surface area (Å²) in [5.74, 6) is -0.205. The molecule has 0 bridgehead atoms. The molecule has 0 saturated heterocycles. The van der Waals surface area contributed by atoms with Crippen LogP contribution in [0.15, 0.2) is 12.2 Å². The number of hydrogen-bond donors (Lipinski definition) is 0. The van der Waals surface area contributed by atoms with Gasteiger partial charge in [0.2, 0.25) is 0 Å². The lowest BCUT2D eigenvalue weighted by atomic mass is 9.76. The molecule has 4 nitrogen and oxygen atoms in total. The maximum absolute atomic E-state index is 12.0. The van der Waals surface area contributed by atoms with Crippen LogP contribution in [-0.4, -0.2) is 18.9 Å². The van der Waals surface area contributed by atoms with Crippen LogP contribution in [0.1, 0.15) is 32.6 Å². The SMILES string of the molecule is C=C(C(=O)OC)C12CC1CC(C#N)(C(=O)CC)C2. The molecule has 96 valence electrons. The standard InChI is InChI=1S/C14H17NO3/c1-4-11(16)13(8-15)5-10-6-14(10,7-13)9(2)12(17)18-3/h10H,2,4-7H2,1,3H3. The zero-order valence-electron chi connectivity index (χ0n) is 10.8. The zero-order valence-corrected chi connectivity index (χ0v) is 10.8. The van der Waals surface area contributed by atoms with E-state index in [2.05, 4.69) is 12.6 Å². The largest absolute Gasteiger partial charge is 0.466 e. The molecular weight excluding hydrogens is 230 g/mol. The van der Waals surface area contributed by atoms with Crippen molar-refractivity contribution < 1.29 is 14.3 Å². The minimum Gasteiger partial charge on any atom is -0.466 e. The average molecular weight is 247 g/mol. The number of ketones is 1. The summed E-state index contributed by atoms with van der Waals surface area (Å²) >= 11 is 0. The van der Waals surface area contributed by atoms with Crippen molar-refractivity contribution in [3.8, 4) is 6.07 Å². The third kappa shape index (κ3) is 1.50. The Morgan fingerprint density at radius 1 is 1.50 bits per heavy atom. The van der Waals surface area contributed by atoms with E-state index < -0.39 is 11.4 Å². The highest BCUT2D eigenvalue weighted by atomic mass is 16.5. The van der Waals surface area contributed by atoms with Crippen LogP contribution >= 0.6 is 0 Å². The molecule has 3 atom stereocenters. The first-order valence-electron chi connectivity index (χ1n) is 6.18. The van der Waals surface area contributed by atoms with Crippen molar-refractivity contribution in [3.05, 3.63) is 12.2 Å². The van der Waals surface area contributed by atoms with E-state index in [4.69, 9.17) is 4.74 Å². The lowest BCUT2D eigenvalue weighted by Gasteiger charge is -2.23. The fourth-order valence-corrected chi connectivity index (χ4v) is 3.40. The fraction of sp³-hybridized carbons (Fsp3) is 0.643. The van der Waals surface area contributed by atoms with E-state index >= 15 is 0 Å². The summed E-state index contributed by atoms with van der Waals surface area (Å²) in [7, 11) is 1.32. The molecule has 0 heterocycles. The molecule has 0 aliphatic heterocycles. The van der Waals surface area contributed by atoms with Crippen molar-refractivity contribution in [3.63, 3.8) is 0 Å². The van der Waals surface area contributed by atoms with Crippen LogP contribution in [-0.2, 0) is 14.3 Å². The number of carbonyl (C=O) groups excluding carboxylic acids is 2. The van der Waals surface area contributed by atoms with E-state index in [1.165, 1.54) is 7.11 Å². The Morgan fingerprint density at radius 2 is 2.17 bits per heavy atom. The van der Waals surface area contributed by atoms with Crippen LogP contribution in [0.3, 0.4) is 0 Å². The Labute approximate surface area is 107 Å². The van der Waals surface area contributed by atoms with E-state index in [1.807, 2.05) is 0 Å². The number of hydrogen-bond acceptors (Lipinski definition) is 4. The van der Waals surface area contributed by atoms with E-state index in [-0.39, 0.29) is 17.1 Å². The maximum Gasteiger partial charge on any atom is 0.333 e. The average Bonchev–Trinajstić information content (AvgIpc) is 2.99. The molecule has 3 unspecified atom stereocenters. The number of nitrogens with zero attached hydrogens (tertiary/aromatic N) is 1. The first kappa shape index (κ1) is 12.8. The molecule has 0 aromatic heterocycles. The van der Waals surface area contributed by atoms with E-state index in [1.54, 1.807) is 6.92 Å². The van der Waals surface area contributed by atoms with Gasteiger partial charge in [0.1, 0.15) is 5.41 Å². The van der Waals surface area contributed by atoms with Crippen LogP contribution in [0.4, 0.5) is 0 Å². The summed E-state index contributed by atoms with van der Waals surface area (Å²) in [6.45, 7) is 5.58. The molecule has 18 heavy (non-hydrogen) atoms. The Balaban J connectivity index is 2.24. The minimum absolute atomic E-state index is 0.0192. The van der Waals surface area contributed by atoms with E-state index in [9.17, 15) is 14.9 Å². The van der Waals surface area contributed by atoms with Crippen LogP contribution < -0.4 is 0 Å². The van der Waals surface area contributed by atoms with Gasteiger partial charge in [-0.15, -0.1) is 0 Å². The molecule has 0 spiro atoms. The normalized spacial score (nSPS) is 36.4. The fourth-order valence-electron chi connectivity index (χ4n) is 3.40. The van der Waals surface area contributed by atoms with Crippen molar-refractivity contribution in [2.75, 3.05) is 7.11 Å². The third-order valence-corrected chi connectivity index (χ3v) is 4.55. The predicted molar refractivity (Wildman–Crippen MR) is 64.3 cm³/mol. The number of methoxy groups -OCH3 is 1. The molecule has 2 fully saturated rings. The zero-order chi connectivity index (χ0) is 13.6. The molecule has 2 rings (SSSR count). The maximum atomic E-state index is 12.0. The first-order chi connectivity index (χ1) is 8.45. The van der Waals surface area contributed by atoms with Gasteiger partial charge in [0.25, 0.3) is 0 Å². The van der Waals surface area contributed by atoms with Crippen molar-refractivity contribution in [1.29, 1.82) is 5.26 Å². The molecule has 0 aromatic carbocycles. The number of Topliss-reactive ketones (excluding diaryl/α,β-unsaturated/α-hetero) is 1. The summed E-state index contributed by atoms with van der Waals surface area (Å²) in [6, 6.07) is 2.18. The van der Waals surface area contributed by atoms with Crippen molar-refractivity contribution in [2.24, 2.45) is 16.7 Å². The summed E-state index contributed by atoms with van der Waals surface area (Å²) in [5, 5.41) is 9.33. The number of esters is 1. The van der Waals surface area contributed by atoms with Crippen molar-refractivity contribution >= 4 is 11.8 Å². The second-order valence-electron chi connectivity index (χ2n) is 5.38. The van der Waals surface area contributed by atoms with Gasteiger partial charge in [0.15, 0.2) is 5.78 Å². The third-order valence-electron chi connectivity index (χ3n) is 4.55. The Hall–Kier alpha value is -1.63. The van der Waals surface area contributed by atoms with Crippen LogP contribution in [0.2, 0.25) is 0 Å². The van der Waals surface area contributed by atoms with Gasteiger partial charge in [-0.2, -0.15) is 5.26 Å². The number of rotatable bonds is 4. The highest BCUT2D eigenvalue weighted by Crippen LogP contribution is 2.72. The molecule has 4 heteroatoms. The monoisotopic (exact) mass is 247 g/mol. The number of fused-ring (bicyclic) bond motifs is 1. The Morgan fingerprint density at radius 3 is 2.67 bits per heavy atom. The topological polar surface area (TPSA) is 67.2 Å². The van der Waals surface area contributed by atoms with Gasteiger partial charge in [-0.05, 0) is 25.2 Å². The quantitative estimate of drug-likeness (QED) is 0.563. The molecule has 0 radical (unpaired) electrons. The highest BCUT2D eigenvalue weighted by molar-refractivity contribution is 5.92. The first-order valence-corrected chi connectivity index (χ1v) is 6.18. The van der Waals surface area contributed by atoms with Gasteiger partial charge >= 0.3 is 5.97 Å². The van der Waals surface area contributed by atoms with Crippen LogP contribution in [0.25, 0.3) is 0 Å². The van der Waals surface area contributed by atoms with Gasteiger partial charge in [0.05, 0.1) is 13.2 Å². The van der Waals surface area contributed by atoms with Gasteiger partial charge in [-0.25, -0.2) is 4.79 Å². The summed E-state index contributed by atoms with van der Waals surface area (Å²) < 4.78 is 4.70. The number of carbonyl (C=O) groups is 2. The summed E-state index contributed by atoms with van der Waals surface area (Å²) in [5.41, 5.74) is -0.835. The molecule has 2 aliphatic rings. The van der Waals surface area contributed by atoms with Crippen LogP contribution in [0.5, 0.6) is 0 Å². The van der Waals surface area contributed by atoms with Crippen molar-refractivity contribution in [1.82, 2.24) is 0 Å². The Kier molecular flexibility index (Phi) is 2.81. The molecule has 0 aromatic rings. The molecule has 2 saturated carbocycles. The number of nitriles is 1. The summed E-state index contributed by atoms with van der Waals surface area (Å²) in [4.78, 5) is 23.5. The van der Waals surface area contributed by atoms with Gasteiger partial charge in [-0.3, -0.25) is 4.79 Å². The van der Waals surface area contributed by atoms with Gasteiger partial charge < -0.3 is 4.74 Å². The molecule has 0 amide bonds. The van der Waals surface area contributed by atoms with Gasteiger partial charge in [0, 0.05) is 17.4 Å². The molecular formula is C14H17NO3. The number of ether oxygens (including phenoxy) is 1.